The van der Waals surface area contributed by atoms with Gasteiger partial charge < -0.3 is 5.32 Å². The van der Waals surface area contributed by atoms with Gasteiger partial charge in [-0.2, -0.15) is 0 Å². The Kier molecular flexibility index (Phi) is 4.51. The molecule has 0 radical (unpaired) electrons. The van der Waals surface area contributed by atoms with E-state index in [4.69, 9.17) is 16.7 Å². The number of benzene rings is 1. The van der Waals surface area contributed by atoms with Crippen LogP contribution in [0.5, 0.6) is 0 Å². The van der Waals surface area contributed by atoms with Gasteiger partial charge >= 0.3 is 0 Å². The van der Waals surface area contributed by atoms with Gasteiger partial charge in [-0.25, -0.2) is 18.5 Å². The Morgan fingerprint density at radius 1 is 1.24 bits per heavy atom. The van der Waals surface area contributed by atoms with Crippen LogP contribution >= 0.6 is 11.6 Å². The summed E-state index contributed by atoms with van der Waals surface area (Å²) in [6.07, 6.45) is 2.20. The zero-order valence-electron chi connectivity index (χ0n) is 13.2. The van der Waals surface area contributed by atoms with E-state index < -0.39 is 10.0 Å². The smallest absolute Gasteiger partial charge is 0.274 e. The molecule has 1 amide bonds. The number of pyridine rings is 1. The van der Waals surface area contributed by atoms with Crippen LogP contribution in [0.1, 0.15) is 23.1 Å². The van der Waals surface area contributed by atoms with Gasteiger partial charge in [-0.15, -0.1) is 0 Å². The van der Waals surface area contributed by atoms with Crippen molar-refractivity contribution in [2.75, 3.05) is 5.32 Å². The summed E-state index contributed by atoms with van der Waals surface area (Å²) in [6.45, 7) is 1.90. The lowest BCUT2D eigenvalue weighted by Crippen LogP contribution is -2.17. The average molecular weight is 379 g/mol. The van der Waals surface area contributed by atoms with Crippen LogP contribution in [0.3, 0.4) is 0 Å². The fourth-order valence-electron chi connectivity index (χ4n) is 2.47. The molecule has 0 aliphatic carbocycles. The molecule has 0 saturated heterocycles. The van der Waals surface area contributed by atoms with Crippen LogP contribution in [0.25, 0.3) is 5.65 Å². The second kappa shape index (κ2) is 6.47. The monoisotopic (exact) mass is 378 g/mol. The molecular weight excluding hydrogens is 364 g/mol. The summed E-state index contributed by atoms with van der Waals surface area (Å²) in [6, 6.07) is 9.04. The number of nitrogens with two attached hydrogens (primary N) is 1. The van der Waals surface area contributed by atoms with E-state index in [0.29, 0.717) is 34.2 Å². The van der Waals surface area contributed by atoms with E-state index in [1.54, 1.807) is 22.7 Å². The summed E-state index contributed by atoms with van der Waals surface area (Å²) >= 11 is 6.02. The number of nitrogens with one attached hydrogen (secondary N) is 1. The summed E-state index contributed by atoms with van der Waals surface area (Å²) in [5.74, 6) is -0.366. The van der Waals surface area contributed by atoms with Crippen LogP contribution in [0, 0.1) is 0 Å². The molecule has 0 atom stereocenters. The van der Waals surface area contributed by atoms with Gasteiger partial charge in [0.15, 0.2) is 0 Å². The number of primary sulfonamides is 1. The molecule has 3 N–H and O–H groups in total. The second-order valence-electron chi connectivity index (χ2n) is 5.36. The molecule has 1 aromatic carbocycles. The van der Waals surface area contributed by atoms with Crippen molar-refractivity contribution in [2.45, 2.75) is 18.2 Å². The topological polar surface area (TPSA) is 107 Å². The lowest BCUT2D eigenvalue weighted by Gasteiger charge is -2.07. The minimum Gasteiger partial charge on any atom is -0.321 e. The normalized spacial score (nSPS) is 11.6. The number of hydrogen-bond donors (Lipinski definition) is 2. The largest absolute Gasteiger partial charge is 0.321 e. The first-order valence-corrected chi connectivity index (χ1v) is 9.32. The van der Waals surface area contributed by atoms with E-state index in [9.17, 15) is 13.2 Å². The number of anilines is 1. The number of aromatic nitrogens is 2. The molecule has 2 aromatic heterocycles. The third-order valence-corrected chi connectivity index (χ3v) is 4.80. The number of nitrogens with zero attached hydrogens (tertiary/aromatic N) is 2. The molecule has 0 spiro atoms. The van der Waals surface area contributed by atoms with E-state index >= 15 is 0 Å². The van der Waals surface area contributed by atoms with Crippen molar-refractivity contribution in [3.05, 3.63) is 59.0 Å². The Hall–Kier alpha value is -2.42. The van der Waals surface area contributed by atoms with Gasteiger partial charge in [0.2, 0.25) is 10.0 Å². The Bertz CT molecular complexity index is 1060. The van der Waals surface area contributed by atoms with Gasteiger partial charge in [0, 0.05) is 11.9 Å². The molecule has 0 aliphatic heterocycles. The number of carbonyl (C=O) groups is 1. The summed E-state index contributed by atoms with van der Waals surface area (Å²) < 4.78 is 24.2. The van der Waals surface area contributed by atoms with Gasteiger partial charge in [-0.05, 0) is 42.8 Å². The average Bonchev–Trinajstić information content (AvgIpc) is 2.92. The number of carbonyl (C=O) groups excluding carboxylic acids is 1. The van der Waals surface area contributed by atoms with Gasteiger partial charge in [0.05, 0.1) is 15.6 Å². The van der Waals surface area contributed by atoms with Crippen LogP contribution in [-0.4, -0.2) is 23.7 Å². The van der Waals surface area contributed by atoms with E-state index in [1.165, 1.54) is 24.3 Å². The van der Waals surface area contributed by atoms with Crippen molar-refractivity contribution in [3.8, 4) is 0 Å². The molecule has 25 heavy (non-hydrogen) atoms. The predicted octanol–water partition coefficient (Wildman–Crippen LogP) is 2.45. The Morgan fingerprint density at radius 3 is 2.52 bits per heavy atom. The fraction of sp³-hybridized carbons (Fsp3) is 0.125. The van der Waals surface area contributed by atoms with E-state index in [2.05, 4.69) is 10.3 Å². The standard InChI is InChI=1S/C16H15ClN4O3S/c1-2-13-15(21-9-10(17)3-8-14(21)20-13)16(22)19-11-4-6-12(7-5-11)25(18,23)24/h3-9H,2H2,1H3,(H,19,22)(H2,18,23,24). The third kappa shape index (κ3) is 3.51. The van der Waals surface area contributed by atoms with Crippen molar-refractivity contribution in [1.82, 2.24) is 9.38 Å². The zero-order valence-corrected chi connectivity index (χ0v) is 14.8. The molecule has 0 unspecified atom stereocenters. The number of sulfonamides is 1. The first kappa shape index (κ1) is 17.4. The van der Waals surface area contributed by atoms with Crippen molar-refractivity contribution in [2.24, 2.45) is 5.14 Å². The van der Waals surface area contributed by atoms with E-state index in [0.717, 1.165) is 0 Å². The number of fused-ring (bicyclic) bond motifs is 1. The summed E-state index contributed by atoms with van der Waals surface area (Å²) in [4.78, 5) is 17.1. The fourth-order valence-corrected chi connectivity index (χ4v) is 3.15. The highest BCUT2D eigenvalue weighted by Gasteiger charge is 2.19. The maximum absolute atomic E-state index is 12.7. The van der Waals surface area contributed by atoms with Gasteiger partial charge in [0.25, 0.3) is 5.91 Å². The number of rotatable bonds is 4. The van der Waals surface area contributed by atoms with Crippen LogP contribution in [-0.2, 0) is 16.4 Å². The maximum atomic E-state index is 12.7. The molecule has 3 aromatic rings. The molecule has 9 heteroatoms. The van der Waals surface area contributed by atoms with Crippen molar-refractivity contribution in [1.29, 1.82) is 0 Å². The summed E-state index contributed by atoms with van der Waals surface area (Å²) in [7, 11) is -3.78. The van der Waals surface area contributed by atoms with Crippen LogP contribution in [0.15, 0.2) is 47.5 Å². The first-order valence-electron chi connectivity index (χ1n) is 7.40. The lowest BCUT2D eigenvalue weighted by atomic mass is 10.2. The number of amides is 1. The van der Waals surface area contributed by atoms with Crippen molar-refractivity contribution in [3.63, 3.8) is 0 Å². The Balaban J connectivity index is 1.96. The number of imidazole rings is 1. The summed E-state index contributed by atoms with van der Waals surface area (Å²) in [5.41, 5.74) is 2.09. The molecule has 0 saturated carbocycles. The Morgan fingerprint density at radius 2 is 1.92 bits per heavy atom. The van der Waals surface area contributed by atoms with Crippen LogP contribution in [0.2, 0.25) is 5.02 Å². The predicted molar refractivity (Wildman–Crippen MR) is 95.3 cm³/mol. The Labute approximate surface area is 149 Å². The molecule has 130 valence electrons. The van der Waals surface area contributed by atoms with Crippen LogP contribution in [0.4, 0.5) is 5.69 Å². The highest BCUT2D eigenvalue weighted by Crippen LogP contribution is 2.19. The minimum absolute atomic E-state index is 0.0265. The molecule has 3 rings (SSSR count). The number of hydrogen-bond acceptors (Lipinski definition) is 4. The van der Waals surface area contributed by atoms with E-state index in [1.807, 2.05) is 6.92 Å². The van der Waals surface area contributed by atoms with Gasteiger partial charge in [0.1, 0.15) is 11.3 Å². The zero-order chi connectivity index (χ0) is 18.2. The van der Waals surface area contributed by atoms with Gasteiger partial charge in [-0.1, -0.05) is 18.5 Å². The molecule has 7 nitrogen and oxygen atoms in total. The lowest BCUT2D eigenvalue weighted by molar-refractivity contribution is 0.102. The molecular formula is C16H15ClN4O3S. The van der Waals surface area contributed by atoms with Crippen molar-refractivity contribution < 1.29 is 13.2 Å². The third-order valence-electron chi connectivity index (χ3n) is 3.65. The van der Waals surface area contributed by atoms with E-state index in [-0.39, 0.29) is 10.8 Å². The number of aryl methyl sites for hydroxylation is 1. The molecule has 0 aliphatic rings. The van der Waals surface area contributed by atoms with Crippen molar-refractivity contribution >= 4 is 38.9 Å². The quantitative estimate of drug-likeness (QED) is 0.727. The first-order chi connectivity index (χ1) is 11.8. The van der Waals surface area contributed by atoms with Gasteiger partial charge in [-0.3, -0.25) is 9.20 Å². The maximum Gasteiger partial charge on any atom is 0.274 e. The molecule has 2 heterocycles. The minimum atomic E-state index is -3.78. The highest BCUT2D eigenvalue weighted by molar-refractivity contribution is 7.89. The SMILES string of the molecule is CCc1nc2ccc(Cl)cn2c1C(=O)Nc1ccc(S(N)(=O)=O)cc1. The second-order valence-corrected chi connectivity index (χ2v) is 7.36. The summed E-state index contributed by atoms with van der Waals surface area (Å²) in [5, 5.41) is 8.28. The number of halogens is 1. The van der Waals surface area contributed by atoms with Crippen LogP contribution < -0.4 is 10.5 Å². The molecule has 0 bridgehead atoms. The highest BCUT2D eigenvalue weighted by atomic mass is 35.5. The molecule has 0 fully saturated rings.